The van der Waals surface area contributed by atoms with Crippen LogP contribution in [0.4, 0.5) is 0 Å². The third-order valence-electron chi connectivity index (χ3n) is 3.39. The van der Waals surface area contributed by atoms with Crippen LogP contribution in [0.3, 0.4) is 0 Å². The topological polar surface area (TPSA) is 91.7 Å². The van der Waals surface area contributed by atoms with Gasteiger partial charge in [0.25, 0.3) is 0 Å². The largest absolute Gasteiger partial charge is 0.467 e. The molecule has 0 spiro atoms. The minimum atomic E-state index is -3.39. The van der Waals surface area contributed by atoms with Crippen LogP contribution in [0.5, 0.6) is 0 Å². The Morgan fingerprint density at radius 1 is 1.48 bits per heavy atom. The molecule has 1 unspecified atom stereocenters. The summed E-state index contributed by atoms with van der Waals surface area (Å²) in [4.78, 5) is 12.0. The summed E-state index contributed by atoms with van der Waals surface area (Å²) in [6, 6.07) is 3.49. The Morgan fingerprint density at radius 3 is 2.81 bits per heavy atom. The van der Waals surface area contributed by atoms with Crippen molar-refractivity contribution in [2.75, 3.05) is 31.9 Å². The number of furan rings is 1. The molecule has 21 heavy (non-hydrogen) atoms. The number of sulfonamides is 1. The van der Waals surface area contributed by atoms with Gasteiger partial charge in [0, 0.05) is 26.2 Å². The highest BCUT2D eigenvalue weighted by Crippen LogP contribution is 2.09. The first-order valence-electron chi connectivity index (χ1n) is 6.97. The molecule has 1 fully saturated rings. The van der Waals surface area contributed by atoms with Crippen molar-refractivity contribution < 1.29 is 17.6 Å². The highest BCUT2D eigenvalue weighted by molar-refractivity contribution is 7.89. The predicted molar refractivity (Wildman–Crippen MR) is 77.9 cm³/mol. The highest BCUT2D eigenvalue weighted by Gasteiger charge is 2.28. The number of piperazine rings is 1. The summed E-state index contributed by atoms with van der Waals surface area (Å²) >= 11 is 0. The van der Waals surface area contributed by atoms with E-state index in [0.717, 1.165) is 0 Å². The van der Waals surface area contributed by atoms with Gasteiger partial charge < -0.3 is 15.1 Å². The monoisotopic (exact) mass is 315 g/mol. The maximum absolute atomic E-state index is 12.2. The minimum Gasteiger partial charge on any atom is -0.467 e. The zero-order valence-electron chi connectivity index (χ0n) is 12.0. The molecular formula is C13H21N3O4S. The van der Waals surface area contributed by atoms with E-state index in [-0.39, 0.29) is 18.2 Å². The third kappa shape index (κ3) is 4.55. The predicted octanol–water partition coefficient (Wildman–Crippen LogP) is -0.233. The molecule has 0 saturated carbocycles. The number of nitrogens with one attached hydrogen (secondary N) is 2. The second kappa shape index (κ2) is 7.06. The first kappa shape index (κ1) is 16.0. The smallest absolute Gasteiger partial charge is 0.224 e. The molecule has 8 heteroatoms. The van der Waals surface area contributed by atoms with Gasteiger partial charge in [0.1, 0.15) is 5.76 Å². The van der Waals surface area contributed by atoms with Crippen LogP contribution in [0.25, 0.3) is 0 Å². The van der Waals surface area contributed by atoms with Crippen molar-refractivity contribution in [3.05, 3.63) is 24.2 Å². The number of nitrogens with zero attached hydrogens (tertiary/aromatic N) is 1. The molecule has 1 aliphatic rings. The van der Waals surface area contributed by atoms with Crippen molar-refractivity contribution >= 4 is 15.9 Å². The SMILES string of the molecule is CC(CS(=O)(=O)N1CCNCC1)C(=O)NCc1ccco1. The summed E-state index contributed by atoms with van der Waals surface area (Å²) in [7, 11) is -3.39. The van der Waals surface area contributed by atoms with Gasteiger partial charge in [-0.3, -0.25) is 4.79 Å². The van der Waals surface area contributed by atoms with E-state index in [1.54, 1.807) is 19.1 Å². The van der Waals surface area contributed by atoms with Gasteiger partial charge in [-0.15, -0.1) is 0 Å². The van der Waals surface area contributed by atoms with Gasteiger partial charge in [-0.05, 0) is 12.1 Å². The lowest BCUT2D eigenvalue weighted by atomic mass is 10.2. The van der Waals surface area contributed by atoms with Gasteiger partial charge >= 0.3 is 0 Å². The standard InChI is InChI=1S/C13H21N3O4S/c1-11(13(17)15-9-12-3-2-8-20-12)10-21(18,19)16-6-4-14-5-7-16/h2-3,8,11,14H,4-7,9-10H2,1H3,(H,15,17). The second-order valence-electron chi connectivity index (χ2n) is 5.13. The molecule has 1 aromatic rings. The zero-order chi connectivity index (χ0) is 15.3. The molecule has 1 atom stereocenters. The van der Waals surface area contributed by atoms with Crippen molar-refractivity contribution in [3.63, 3.8) is 0 Å². The van der Waals surface area contributed by atoms with E-state index in [4.69, 9.17) is 4.42 Å². The molecule has 1 aliphatic heterocycles. The quantitative estimate of drug-likeness (QED) is 0.756. The fourth-order valence-corrected chi connectivity index (χ4v) is 3.91. The molecule has 1 saturated heterocycles. The van der Waals surface area contributed by atoms with E-state index in [0.29, 0.717) is 31.9 Å². The molecule has 1 aromatic heterocycles. The molecule has 2 heterocycles. The van der Waals surface area contributed by atoms with Crippen molar-refractivity contribution in [2.45, 2.75) is 13.5 Å². The van der Waals surface area contributed by atoms with E-state index in [1.165, 1.54) is 10.6 Å². The lowest BCUT2D eigenvalue weighted by Gasteiger charge is -2.27. The van der Waals surface area contributed by atoms with Crippen LogP contribution in [0.1, 0.15) is 12.7 Å². The second-order valence-corrected chi connectivity index (χ2v) is 7.14. The Bertz CT molecular complexity index is 550. The lowest BCUT2D eigenvalue weighted by molar-refractivity contribution is -0.124. The van der Waals surface area contributed by atoms with Gasteiger partial charge in [0.05, 0.1) is 24.5 Å². The van der Waals surface area contributed by atoms with E-state index < -0.39 is 15.9 Å². The first-order valence-corrected chi connectivity index (χ1v) is 8.58. The maximum atomic E-state index is 12.2. The lowest BCUT2D eigenvalue weighted by Crippen LogP contribution is -2.48. The molecule has 7 nitrogen and oxygen atoms in total. The maximum Gasteiger partial charge on any atom is 0.224 e. The van der Waals surface area contributed by atoms with Crippen LogP contribution in [0.2, 0.25) is 0 Å². The molecule has 0 aromatic carbocycles. The third-order valence-corrected chi connectivity index (χ3v) is 5.47. The number of carbonyl (C=O) groups excluding carboxylic acids is 1. The van der Waals surface area contributed by atoms with Crippen LogP contribution in [-0.4, -0.2) is 50.6 Å². The fourth-order valence-electron chi connectivity index (χ4n) is 2.18. The molecule has 2 rings (SSSR count). The number of hydrogen-bond donors (Lipinski definition) is 2. The Balaban J connectivity index is 1.84. The van der Waals surface area contributed by atoms with E-state index in [1.807, 2.05) is 0 Å². The molecule has 0 bridgehead atoms. The number of hydrogen-bond acceptors (Lipinski definition) is 5. The van der Waals surface area contributed by atoms with E-state index in [9.17, 15) is 13.2 Å². The normalized spacial score (nSPS) is 18.3. The summed E-state index contributed by atoms with van der Waals surface area (Å²) in [5.74, 6) is -0.415. The first-order chi connectivity index (χ1) is 9.99. The number of amides is 1. The van der Waals surface area contributed by atoms with Crippen LogP contribution >= 0.6 is 0 Å². The summed E-state index contributed by atoms with van der Waals surface area (Å²) in [6.45, 7) is 4.11. The van der Waals surface area contributed by atoms with Gasteiger partial charge in [0.2, 0.25) is 15.9 Å². The Morgan fingerprint density at radius 2 is 2.19 bits per heavy atom. The van der Waals surface area contributed by atoms with Crippen molar-refractivity contribution in [3.8, 4) is 0 Å². The van der Waals surface area contributed by atoms with Crippen molar-refractivity contribution in [1.82, 2.24) is 14.9 Å². The summed E-state index contributed by atoms with van der Waals surface area (Å²) in [5.41, 5.74) is 0. The van der Waals surface area contributed by atoms with Crippen molar-refractivity contribution in [2.24, 2.45) is 5.92 Å². The van der Waals surface area contributed by atoms with Crippen LogP contribution < -0.4 is 10.6 Å². The molecule has 0 aliphatic carbocycles. The summed E-state index contributed by atoms with van der Waals surface area (Å²) < 4.78 is 31.0. The molecule has 0 radical (unpaired) electrons. The van der Waals surface area contributed by atoms with E-state index >= 15 is 0 Å². The Labute approximate surface area is 124 Å². The summed E-state index contributed by atoms with van der Waals surface area (Å²) in [5, 5.41) is 5.79. The van der Waals surface area contributed by atoms with Crippen LogP contribution in [-0.2, 0) is 21.4 Å². The molecule has 118 valence electrons. The highest BCUT2D eigenvalue weighted by atomic mass is 32.2. The molecule has 1 amide bonds. The average Bonchev–Trinajstić information content (AvgIpc) is 2.98. The minimum absolute atomic E-state index is 0.170. The molecule has 2 N–H and O–H groups in total. The van der Waals surface area contributed by atoms with Crippen LogP contribution in [0.15, 0.2) is 22.8 Å². The average molecular weight is 315 g/mol. The Hall–Kier alpha value is -1.38. The van der Waals surface area contributed by atoms with Crippen LogP contribution in [0, 0.1) is 5.92 Å². The fraction of sp³-hybridized carbons (Fsp3) is 0.615. The van der Waals surface area contributed by atoms with Gasteiger partial charge in [-0.25, -0.2) is 8.42 Å². The number of carbonyl (C=O) groups is 1. The number of rotatable bonds is 6. The van der Waals surface area contributed by atoms with Gasteiger partial charge in [-0.2, -0.15) is 4.31 Å². The van der Waals surface area contributed by atoms with Crippen molar-refractivity contribution in [1.29, 1.82) is 0 Å². The zero-order valence-corrected chi connectivity index (χ0v) is 12.9. The van der Waals surface area contributed by atoms with Gasteiger partial charge in [0.15, 0.2) is 0 Å². The van der Waals surface area contributed by atoms with E-state index in [2.05, 4.69) is 10.6 Å². The van der Waals surface area contributed by atoms with Gasteiger partial charge in [-0.1, -0.05) is 6.92 Å². The molecular weight excluding hydrogens is 294 g/mol. The Kier molecular flexibility index (Phi) is 5.38. The summed E-state index contributed by atoms with van der Waals surface area (Å²) in [6.07, 6.45) is 1.53.